The Hall–Kier alpha value is -2.57. The molecule has 3 aromatic carbocycles. The maximum atomic E-state index is 14.1. The molecule has 2 fully saturated rings. The molecule has 2 heterocycles. The zero-order valence-corrected chi connectivity index (χ0v) is 17.3. The smallest absolute Gasteiger partial charge is 0.227 e. The van der Waals surface area contributed by atoms with Gasteiger partial charge in [0.05, 0.1) is 6.61 Å². The van der Waals surface area contributed by atoms with Gasteiger partial charge in [0.25, 0.3) is 0 Å². The third-order valence-electron chi connectivity index (χ3n) is 6.07. The van der Waals surface area contributed by atoms with Gasteiger partial charge in [-0.15, -0.1) is 0 Å². The summed E-state index contributed by atoms with van der Waals surface area (Å²) in [7, 11) is 1.33. The highest BCUT2D eigenvalue weighted by molar-refractivity contribution is 5.47. The first-order valence-electron chi connectivity index (χ1n) is 10.5. The molecule has 0 bridgehead atoms. The third-order valence-corrected chi connectivity index (χ3v) is 6.07. The van der Waals surface area contributed by atoms with Crippen LogP contribution in [0.15, 0.2) is 91.0 Å². The molecule has 0 spiro atoms. The Labute approximate surface area is 181 Å². The number of halogens is 1. The molecular formula is C26H25FO4. The topological polar surface area (TPSA) is 40.2 Å². The van der Waals surface area contributed by atoms with Crippen LogP contribution in [0, 0.1) is 0 Å². The first kappa shape index (κ1) is 20.3. The summed E-state index contributed by atoms with van der Waals surface area (Å²) < 4.78 is 37.3. The van der Waals surface area contributed by atoms with Crippen LogP contribution in [0.5, 0.6) is 0 Å². The number of fused-ring (bicyclic) bond motifs is 1. The van der Waals surface area contributed by atoms with E-state index in [-0.39, 0.29) is 24.9 Å². The lowest BCUT2D eigenvalue weighted by atomic mass is 9.80. The second kappa shape index (κ2) is 8.52. The van der Waals surface area contributed by atoms with E-state index in [0.717, 1.165) is 16.7 Å². The fourth-order valence-corrected chi connectivity index (χ4v) is 4.51. The summed E-state index contributed by atoms with van der Waals surface area (Å²) in [6.07, 6.45) is -3.04. The van der Waals surface area contributed by atoms with E-state index in [1.165, 1.54) is 7.11 Å². The highest BCUT2D eigenvalue weighted by Crippen LogP contribution is 2.45. The second-order valence-electron chi connectivity index (χ2n) is 7.88. The normalized spacial score (nSPS) is 25.7. The van der Waals surface area contributed by atoms with E-state index in [0.29, 0.717) is 0 Å². The summed E-state index contributed by atoms with van der Waals surface area (Å²) in [6, 6.07) is 30.4. The van der Waals surface area contributed by atoms with Gasteiger partial charge in [-0.1, -0.05) is 91.0 Å². The molecular weight excluding hydrogens is 395 g/mol. The van der Waals surface area contributed by atoms with Crippen LogP contribution in [-0.2, 0) is 24.5 Å². The summed E-state index contributed by atoms with van der Waals surface area (Å²) in [5, 5.41) is 0. The van der Waals surface area contributed by atoms with E-state index in [9.17, 15) is 4.39 Å². The van der Waals surface area contributed by atoms with Gasteiger partial charge in [-0.25, -0.2) is 4.39 Å². The van der Waals surface area contributed by atoms with Crippen molar-refractivity contribution in [1.82, 2.24) is 0 Å². The Kier molecular flexibility index (Phi) is 5.59. The summed E-state index contributed by atoms with van der Waals surface area (Å²) >= 11 is 0. The fourth-order valence-electron chi connectivity index (χ4n) is 4.51. The molecule has 3 aromatic rings. The molecule has 0 aliphatic carbocycles. The molecule has 31 heavy (non-hydrogen) atoms. The Morgan fingerprint density at radius 1 is 0.774 bits per heavy atom. The van der Waals surface area contributed by atoms with Crippen molar-refractivity contribution in [3.8, 4) is 0 Å². The van der Waals surface area contributed by atoms with Crippen LogP contribution < -0.4 is 0 Å². The van der Waals surface area contributed by atoms with Gasteiger partial charge in [-0.3, -0.25) is 0 Å². The van der Waals surface area contributed by atoms with Gasteiger partial charge in [0.2, 0.25) is 6.36 Å². The minimum absolute atomic E-state index is 0.168. The number of hydrogen-bond acceptors (Lipinski definition) is 4. The summed E-state index contributed by atoms with van der Waals surface area (Å²) in [6.45, 7) is 0.257. The minimum atomic E-state index is -1.51. The number of rotatable bonds is 8. The van der Waals surface area contributed by atoms with E-state index in [1.54, 1.807) is 0 Å². The molecule has 0 radical (unpaired) electrons. The summed E-state index contributed by atoms with van der Waals surface area (Å²) in [4.78, 5) is 0. The standard InChI is InChI=1S/C26H25FO4/c1-28-25(27)24-23-22(31-23)21(30-24)17-29-26(18-11-5-2-6-12-18,19-13-7-3-8-14-19)20-15-9-4-10-16-20/h2-16,21-25H,17H2,1H3/t21-,22+,23+,24+,25?/m1/s1. The van der Waals surface area contributed by atoms with E-state index >= 15 is 0 Å². The third kappa shape index (κ3) is 3.68. The zero-order chi connectivity index (χ0) is 21.3. The van der Waals surface area contributed by atoms with E-state index in [2.05, 4.69) is 36.4 Å². The van der Waals surface area contributed by atoms with E-state index < -0.39 is 18.1 Å². The maximum absolute atomic E-state index is 14.1. The molecule has 2 aliphatic rings. The van der Waals surface area contributed by atoms with Gasteiger partial charge in [0.1, 0.15) is 30.0 Å². The van der Waals surface area contributed by atoms with Crippen LogP contribution in [0.25, 0.3) is 0 Å². The SMILES string of the molecule is COC(F)[C@H]1O[C@H](COC(c2ccccc2)(c2ccccc2)c2ccccc2)[C@@H]2O[C@@H]21. The first-order valence-corrected chi connectivity index (χ1v) is 10.5. The lowest BCUT2D eigenvalue weighted by Gasteiger charge is -2.37. The van der Waals surface area contributed by atoms with Gasteiger partial charge in [0.15, 0.2) is 0 Å². The minimum Gasteiger partial charge on any atom is -0.364 e. The van der Waals surface area contributed by atoms with Crippen molar-refractivity contribution in [3.05, 3.63) is 108 Å². The number of benzene rings is 3. The molecule has 5 atom stereocenters. The van der Waals surface area contributed by atoms with Crippen molar-refractivity contribution in [2.45, 2.75) is 36.4 Å². The highest BCUT2D eigenvalue weighted by atomic mass is 19.1. The van der Waals surface area contributed by atoms with Crippen molar-refractivity contribution >= 4 is 0 Å². The van der Waals surface area contributed by atoms with Gasteiger partial charge in [0, 0.05) is 7.11 Å². The Morgan fingerprint density at radius 2 is 1.26 bits per heavy atom. The van der Waals surface area contributed by atoms with Gasteiger partial charge >= 0.3 is 0 Å². The average molecular weight is 420 g/mol. The molecule has 2 saturated heterocycles. The van der Waals surface area contributed by atoms with Crippen molar-refractivity contribution < 1.29 is 23.3 Å². The Morgan fingerprint density at radius 3 is 1.71 bits per heavy atom. The van der Waals surface area contributed by atoms with Crippen LogP contribution in [0.4, 0.5) is 4.39 Å². The monoisotopic (exact) mass is 420 g/mol. The molecule has 5 heteroatoms. The second-order valence-corrected chi connectivity index (χ2v) is 7.88. The zero-order valence-electron chi connectivity index (χ0n) is 17.3. The number of alkyl halides is 1. The van der Waals surface area contributed by atoms with Crippen molar-refractivity contribution in [2.24, 2.45) is 0 Å². The fraction of sp³-hybridized carbons (Fsp3) is 0.308. The predicted molar refractivity (Wildman–Crippen MR) is 114 cm³/mol. The van der Waals surface area contributed by atoms with Gasteiger partial charge < -0.3 is 18.9 Å². The number of ether oxygens (including phenoxy) is 4. The molecule has 4 nitrogen and oxygen atoms in total. The van der Waals surface area contributed by atoms with Gasteiger partial charge in [-0.2, -0.15) is 0 Å². The number of epoxide rings is 1. The molecule has 1 unspecified atom stereocenters. The lowest BCUT2D eigenvalue weighted by molar-refractivity contribution is -0.162. The van der Waals surface area contributed by atoms with Gasteiger partial charge in [-0.05, 0) is 16.7 Å². The van der Waals surface area contributed by atoms with Crippen LogP contribution >= 0.6 is 0 Å². The van der Waals surface area contributed by atoms with Crippen LogP contribution in [0.2, 0.25) is 0 Å². The molecule has 0 amide bonds. The molecule has 5 rings (SSSR count). The van der Waals surface area contributed by atoms with Crippen LogP contribution in [-0.4, -0.2) is 44.5 Å². The largest absolute Gasteiger partial charge is 0.364 e. The maximum Gasteiger partial charge on any atom is 0.227 e. The molecule has 0 N–H and O–H groups in total. The van der Waals surface area contributed by atoms with Crippen LogP contribution in [0.1, 0.15) is 16.7 Å². The van der Waals surface area contributed by atoms with E-state index in [4.69, 9.17) is 18.9 Å². The van der Waals surface area contributed by atoms with Crippen molar-refractivity contribution in [3.63, 3.8) is 0 Å². The quantitative estimate of drug-likeness (QED) is 0.398. The van der Waals surface area contributed by atoms with Crippen LogP contribution in [0.3, 0.4) is 0 Å². The molecule has 2 aliphatic heterocycles. The molecule has 0 aromatic heterocycles. The average Bonchev–Trinajstić information content (AvgIpc) is 3.56. The van der Waals surface area contributed by atoms with E-state index in [1.807, 2.05) is 54.6 Å². The first-order chi connectivity index (χ1) is 15.2. The lowest BCUT2D eigenvalue weighted by Crippen LogP contribution is -2.38. The van der Waals surface area contributed by atoms with Crippen molar-refractivity contribution in [2.75, 3.05) is 13.7 Å². The predicted octanol–water partition coefficient (Wildman–Crippen LogP) is 4.47. The van der Waals surface area contributed by atoms with Crippen molar-refractivity contribution in [1.29, 1.82) is 0 Å². The Bertz CT molecular complexity index is 885. The summed E-state index contributed by atoms with van der Waals surface area (Å²) in [5.41, 5.74) is 2.19. The molecule has 0 saturated carbocycles. The number of hydrogen-bond donors (Lipinski definition) is 0. The Balaban J connectivity index is 1.52. The molecule has 160 valence electrons. The number of methoxy groups -OCH3 is 1. The highest BCUT2D eigenvalue weighted by Gasteiger charge is 2.61. The summed E-state index contributed by atoms with van der Waals surface area (Å²) in [5.74, 6) is 0.